The highest BCUT2D eigenvalue weighted by Crippen LogP contribution is 2.23. The predicted octanol–water partition coefficient (Wildman–Crippen LogP) is 2.57. The molecule has 102 valence electrons. The topological polar surface area (TPSA) is 90.4 Å². The standard InChI is InChI=1S/C12H15N3O4/c1-3-8(7-18-2)13-12-14-10-6-9(15(16)17)4-5-11(10)19-12/h4-6,8H,3,7H2,1-2H3,(H,13,14). The number of rotatable bonds is 6. The SMILES string of the molecule is CCC(COC)Nc1nc2cc([N+](=O)[O-])ccc2o1. The van der Waals surface area contributed by atoms with Crippen molar-refractivity contribution in [3.63, 3.8) is 0 Å². The van der Waals surface area contributed by atoms with Crippen LogP contribution in [-0.4, -0.2) is 29.7 Å². The molecule has 0 saturated heterocycles. The number of nitrogens with zero attached hydrogens (tertiary/aromatic N) is 2. The zero-order chi connectivity index (χ0) is 13.8. The van der Waals surface area contributed by atoms with Crippen molar-refractivity contribution in [3.8, 4) is 0 Å². The fourth-order valence-corrected chi connectivity index (χ4v) is 1.73. The van der Waals surface area contributed by atoms with Crippen LogP contribution in [-0.2, 0) is 4.74 Å². The third-order valence-electron chi connectivity index (χ3n) is 2.77. The van der Waals surface area contributed by atoms with Crippen molar-refractivity contribution >= 4 is 22.8 Å². The molecule has 0 aliphatic heterocycles. The van der Waals surface area contributed by atoms with Gasteiger partial charge in [-0.2, -0.15) is 4.98 Å². The Labute approximate surface area is 109 Å². The van der Waals surface area contributed by atoms with Crippen LogP contribution in [0.1, 0.15) is 13.3 Å². The monoisotopic (exact) mass is 265 g/mol. The largest absolute Gasteiger partial charge is 0.424 e. The molecule has 2 rings (SSSR count). The summed E-state index contributed by atoms with van der Waals surface area (Å²) in [6, 6.07) is 4.76. The Morgan fingerprint density at radius 2 is 2.37 bits per heavy atom. The second-order valence-corrected chi connectivity index (χ2v) is 4.13. The van der Waals surface area contributed by atoms with Crippen molar-refractivity contribution in [1.82, 2.24) is 4.98 Å². The molecule has 7 nitrogen and oxygen atoms in total. The van der Waals surface area contributed by atoms with Crippen LogP contribution in [0.15, 0.2) is 22.6 Å². The number of benzene rings is 1. The Balaban J connectivity index is 2.23. The molecule has 0 saturated carbocycles. The second kappa shape index (κ2) is 5.66. The Bertz CT molecular complexity index is 581. The molecule has 1 atom stereocenters. The van der Waals surface area contributed by atoms with Gasteiger partial charge in [0.05, 0.1) is 17.6 Å². The van der Waals surface area contributed by atoms with Gasteiger partial charge in [-0.15, -0.1) is 0 Å². The Morgan fingerprint density at radius 1 is 1.58 bits per heavy atom. The molecular weight excluding hydrogens is 250 g/mol. The number of hydrogen-bond donors (Lipinski definition) is 1. The quantitative estimate of drug-likeness (QED) is 0.637. The summed E-state index contributed by atoms with van der Waals surface area (Å²) in [5, 5.41) is 13.8. The highest BCUT2D eigenvalue weighted by Gasteiger charge is 2.13. The summed E-state index contributed by atoms with van der Waals surface area (Å²) in [4.78, 5) is 14.4. The molecule has 0 bridgehead atoms. The Morgan fingerprint density at radius 3 is 3.00 bits per heavy atom. The van der Waals surface area contributed by atoms with Crippen LogP contribution >= 0.6 is 0 Å². The van der Waals surface area contributed by atoms with Crippen molar-refractivity contribution in [3.05, 3.63) is 28.3 Å². The van der Waals surface area contributed by atoms with Gasteiger partial charge in [0.25, 0.3) is 11.7 Å². The van der Waals surface area contributed by atoms with E-state index in [0.717, 1.165) is 6.42 Å². The summed E-state index contributed by atoms with van der Waals surface area (Å²) in [6.45, 7) is 2.56. The smallest absolute Gasteiger partial charge is 0.295 e. The van der Waals surface area contributed by atoms with E-state index in [-0.39, 0.29) is 11.7 Å². The number of oxazole rings is 1. The summed E-state index contributed by atoms with van der Waals surface area (Å²) in [5.41, 5.74) is 0.973. The van der Waals surface area contributed by atoms with Gasteiger partial charge in [-0.05, 0) is 12.5 Å². The average Bonchev–Trinajstić information content (AvgIpc) is 2.79. The number of aromatic nitrogens is 1. The second-order valence-electron chi connectivity index (χ2n) is 4.13. The molecular formula is C12H15N3O4. The van der Waals surface area contributed by atoms with Crippen LogP contribution in [0, 0.1) is 10.1 Å². The third kappa shape index (κ3) is 3.00. The minimum absolute atomic E-state index is 0.00344. The van der Waals surface area contributed by atoms with E-state index in [1.807, 2.05) is 6.92 Å². The fourth-order valence-electron chi connectivity index (χ4n) is 1.73. The summed E-state index contributed by atoms with van der Waals surface area (Å²) >= 11 is 0. The summed E-state index contributed by atoms with van der Waals surface area (Å²) < 4.78 is 10.6. The molecule has 2 aromatic rings. The summed E-state index contributed by atoms with van der Waals surface area (Å²) in [7, 11) is 1.62. The molecule has 1 aromatic carbocycles. The minimum atomic E-state index is -0.457. The third-order valence-corrected chi connectivity index (χ3v) is 2.77. The first kappa shape index (κ1) is 13.3. The van der Waals surface area contributed by atoms with Crippen molar-refractivity contribution in [1.29, 1.82) is 0 Å². The zero-order valence-electron chi connectivity index (χ0n) is 10.8. The molecule has 0 spiro atoms. The van der Waals surface area contributed by atoms with Crippen molar-refractivity contribution in [2.45, 2.75) is 19.4 Å². The van der Waals surface area contributed by atoms with Gasteiger partial charge in [-0.25, -0.2) is 0 Å². The minimum Gasteiger partial charge on any atom is -0.424 e. The number of non-ortho nitro benzene ring substituents is 1. The molecule has 1 aromatic heterocycles. The summed E-state index contributed by atoms with van der Waals surface area (Å²) in [5.74, 6) is 0. The number of fused-ring (bicyclic) bond motifs is 1. The molecule has 1 N–H and O–H groups in total. The van der Waals surface area contributed by atoms with Gasteiger partial charge >= 0.3 is 0 Å². The number of methoxy groups -OCH3 is 1. The lowest BCUT2D eigenvalue weighted by Crippen LogP contribution is -2.23. The van der Waals surface area contributed by atoms with E-state index in [0.29, 0.717) is 23.7 Å². The van der Waals surface area contributed by atoms with Gasteiger partial charge in [0, 0.05) is 19.2 Å². The van der Waals surface area contributed by atoms with Crippen molar-refractivity contribution < 1.29 is 14.1 Å². The predicted molar refractivity (Wildman–Crippen MR) is 70.2 cm³/mol. The van der Waals surface area contributed by atoms with Crippen LogP contribution in [0.5, 0.6) is 0 Å². The van der Waals surface area contributed by atoms with Gasteiger partial charge in [-0.3, -0.25) is 10.1 Å². The van der Waals surface area contributed by atoms with Crippen LogP contribution in [0.2, 0.25) is 0 Å². The fraction of sp³-hybridized carbons (Fsp3) is 0.417. The van der Waals surface area contributed by atoms with Crippen LogP contribution < -0.4 is 5.32 Å². The van der Waals surface area contributed by atoms with E-state index in [9.17, 15) is 10.1 Å². The maximum atomic E-state index is 10.7. The number of nitro benzene ring substituents is 1. The van der Waals surface area contributed by atoms with Crippen LogP contribution in [0.4, 0.5) is 11.7 Å². The van der Waals surface area contributed by atoms with E-state index in [1.54, 1.807) is 13.2 Å². The average molecular weight is 265 g/mol. The zero-order valence-corrected chi connectivity index (χ0v) is 10.8. The number of nitro groups is 1. The Kier molecular flexibility index (Phi) is 3.96. The van der Waals surface area contributed by atoms with Gasteiger partial charge in [0.1, 0.15) is 5.52 Å². The van der Waals surface area contributed by atoms with E-state index < -0.39 is 4.92 Å². The molecule has 19 heavy (non-hydrogen) atoms. The lowest BCUT2D eigenvalue weighted by atomic mass is 10.2. The molecule has 1 heterocycles. The van der Waals surface area contributed by atoms with E-state index in [2.05, 4.69) is 10.3 Å². The maximum Gasteiger partial charge on any atom is 0.295 e. The summed E-state index contributed by atoms with van der Waals surface area (Å²) in [6.07, 6.45) is 0.854. The number of ether oxygens (including phenoxy) is 1. The van der Waals surface area contributed by atoms with Crippen LogP contribution in [0.3, 0.4) is 0 Å². The van der Waals surface area contributed by atoms with Gasteiger partial charge in [0.15, 0.2) is 5.58 Å². The van der Waals surface area contributed by atoms with Crippen molar-refractivity contribution in [2.75, 3.05) is 19.0 Å². The van der Waals surface area contributed by atoms with Gasteiger partial charge in [0.2, 0.25) is 0 Å². The van der Waals surface area contributed by atoms with Gasteiger partial charge in [-0.1, -0.05) is 6.92 Å². The first-order valence-electron chi connectivity index (χ1n) is 5.94. The lowest BCUT2D eigenvalue weighted by molar-refractivity contribution is -0.384. The Hall–Kier alpha value is -2.15. The van der Waals surface area contributed by atoms with E-state index in [4.69, 9.17) is 9.15 Å². The first-order valence-corrected chi connectivity index (χ1v) is 5.94. The molecule has 7 heteroatoms. The lowest BCUT2D eigenvalue weighted by Gasteiger charge is -2.13. The van der Waals surface area contributed by atoms with E-state index >= 15 is 0 Å². The number of anilines is 1. The van der Waals surface area contributed by atoms with E-state index in [1.165, 1.54) is 12.1 Å². The maximum absolute atomic E-state index is 10.7. The number of nitrogens with one attached hydrogen (secondary N) is 1. The molecule has 0 radical (unpaired) electrons. The highest BCUT2D eigenvalue weighted by molar-refractivity contribution is 5.77. The first-order chi connectivity index (χ1) is 9.13. The molecule has 0 aliphatic carbocycles. The molecule has 0 amide bonds. The highest BCUT2D eigenvalue weighted by atomic mass is 16.6. The van der Waals surface area contributed by atoms with Crippen molar-refractivity contribution in [2.24, 2.45) is 0 Å². The number of hydrogen-bond acceptors (Lipinski definition) is 6. The molecule has 0 fully saturated rings. The molecule has 1 unspecified atom stereocenters. The van der Waals surface area contributed by atoms with Crippen LogP contribution in [0.25, 0.3) is 11.1 Å². The van der Waals surface area contributed by atoms with Gasteiger partial charge < -0.3 is 14.5 Å². The molecule has 0 aliphatic rings. The normalized spacial score (nSPS) is 12.5.